The molecule has 0 aromatic carbocycles. The zero-order chi connectivity index (χ0) is 13.0. The van der Waals surface area contributed by atoms with Crippen molar-refractivity contribution < 1.29 is 0 Å². The largest absolute Gasteiger partial charge is 0.369 e. The average Bonchev–Trinajstić information content (AvgIpc) is 2.76. The highest BCUT2D eigenvalue weighted by molar-refractivity contribution is 9.10. The van der Waals surface area contributed by atoms with Crippen molar-refractivity contribution in [2.75, 3.05) is 23.7 Å². The number of rotatable bonds is 5. The topological polar surface area (TPSA) is 49.8 Å². The Morgan fingerprint density at radius 1 is 1.28 bits per heavy atom. The minimum Gasteiger partial charge on any atom is -0.369 e. The number of anilines is 2. The number of hydrogen-bond donors (Lipinski definition) is 2. The molecule has 1 aliphatic carbocycles. The van der Waals surface area contributed by atoms with Gasteiger partial charge in [-0.2, -0.15) is 0 Å². The van der Waals surface area contributed by atoms with Crippen LogP contribution in [0.1, 0.15) is 33.1 Å². The smallest absolute Gasteiger partial charge is 0.145 e. The van der Waals surface area contributed by atoms with Crippen molar-refractivity contribution in [1.29, 1.82) is 0 Å². The Morgan fingerprint density at radius 3 is 2.61 bits per heavy atom. The first-order chi connectivity index (χ1) is 8.72. The molecule has 0 saturated heterocycles. The Balaban J connectivity index is 1.98. The number of nitrogens with one attached hydrogen (secondary N) is 2. The number of aromatic nitrogens is 2. The van der Waals surface area contributed by atoms with Crippen molar-refractivity contribution in [3.05, 3.63) is 10.8 Å². The van der Waals surface area contributed by atoms with Gasteiger partial charge in [0.25, 0.3) is 0 Å². The third kappa shape index (κ3) is 3.13. The van der Waals surface area contributed by atoms with E-state index in [9.17, 15) is 0 Å². The second kappa shape index (κ2) is 6.36. The quantitative estimate of drug-likeness (QED) is 0.873. The molecule has 2 rings (SSSR count). The van der Waals surface area contributed by atoms with Crippen molar-refractivity contribution in [3.63, 3.8) is 0 Å². The lowest BCUT2D eigenvalue weighted by Crippen LogP contribution is -2.17. The van der Waals surface area contributed by atoms with Crippen LogP contribution < -0.4 is 10.6 Å². The number of nitrogens with zero attached hydrogens (tertiary/aromatic N) is 2. The van der Waals surface area contributed by atoms with Gasteiger partial charge < -0.3 is 10.6 Å². The zero-order valence-electron chi connectivity index (χ0n) is 11.0. The molecule has 4 nitrogen and oxygen atoms in total. The fourth-order valence-electron chi connectivity index (χ4n) is 2.54. The Bertz CT molecular complexity index is 397. The van der Waals surface area contributed by atoms with E-state index in [1.54, 1.807) is 6.33 Å². The summed E-state index contributed by atoms with van der Waals surface area (Å²) in [4.78, 5) is 8.51. The summed E-state index contributed by atoms with van der Waals surface area (Å²) in [5, 5.41) is 6.66. The van der Waals surface area contributed by atoms with E-state index in [2.05, 4.69) is 50.4 Å². The highest BCUT2D eigenvalue weighted by Crippen LogP contribution is 2.32. The summed E-state index contributed by atoms with van der Waals surface area (Å²) < 4.78 is 0.928. The van der Waals surface area contributed by atoms with Crippen molar-refractivity contribution in [2.45, 2.75) is 33.1 Å². The Labute approximate surface area is 117 Å². The molecule has 0 amide bonds. The fourth-order valence-corrected chi connectivity index (χ4v) is 3.02. The van der Waals surface area contributed by atoms with Crippen LogP contribution in [0.4, 0.5) is 11.6 Å². The van der Waals surface area contributed by atoms with Crippen LogP contribution >= 0.6 is 15.9 Å². The van der Waals surface area contributed by atoms with Crippen molar-refractivity contribution in [2.24, 2.45) is 11.8 Å². The summed E-state index contributed by atoms with van der Waals surface area (Å²) in [5.74, 6) is 3.34. The van der Waals surface area contributed by atoms with E-state index in [-0.39, 0.29) is 0 Å². The summed E-state index contributed by atoms with van der Waals surface area (Å²) in [6.45, 7) is 6.26. The predicted molar refractivity (Wildman–Crippen MR) is 78.9 cm³/mol. The van der Waals surface area contributed by atoms with Crippen LogP contribution in [0.15, 0.2) is 10.8 Å². The Kier molecular flexibility index (Phi) is 4.80. The normalized spacial score (nSPS) is 23.1. The maximum atomic E-state index is 4.30. The van der Waals surface area contributed by atoms with Crippen LogP contribution in [0.5, 0.6) is 0 Å². The van der Waals surface area contributed by atoms with Crippen molar-refractivity contribution in [3.8, 4) is 0 Å². The maximum absolute atomic E-state index is 4.30. The predicted octanol–water partition coefficient (Wildman–Crippen LogP) is 3.52. The van der Waals surface area contributed by atoms with E-state index in [1.807, 2.05) is 0 Å². The lowest BCUT2D eigenvalue weighted by atomic mass is 9.98. The molecular formula is C13H21BrN4. The molecule has 1 fully saturated rings. The molecule has 2 N–H and O–H groups in total. The molecule has 1 aliphatic rings. The molecule has 2 atom stereocenters. The molecule has 100 valence electrons. The molecule has 5 heteroatoms. The van der Waals surface area contributed by atoms with Crippen molar-refractivity contribution in [1.82, 2.24) is 9.97 Å². The summed E-state index contributed by atoms with van der Waals surface area (Å²) in [6, 6.07) is 0. The molecular weight excluding hydrogens is 292 g/mol. The fraction of sp³-hybridized carbons (Fsp3) is 0.692. The van der Waals surface area contributed by atoms with E-state index in [4.69, 9.17) is 0 Å². The third-order valence-electron chi connectivity index (χ3n) is 3.70. The van der Waals surface area contributed by atoms with Gasteiger partial charge in [-0.05, 0) is 41.1 Å². The van der Waals surface area contributed by atoms with Gasteiger partial charge in [0.05, 0.1) is 0 Å². The van der Waals surface area contributed by atoms with E-state index < -0.39 is 0 Å². The maximum Gasteiger partial charge on any atom is 0.145 e. The summed E-state index contributed by atoms with van der Waals surface area (Å²) in [5.41, 5.74) is 0. The second-order valence-corrected chi connectivity index (χ2v) is 5.76. The van der Waals surface area contributed by atoms with Gasteiger partial charge in [0, 0.05) is 13.1 Å². The van der Waals surface area contributed by atoms with E-state index in [1.165, 1.54) is 19.3 Å². The highest BCUT2D eigenvalue weighted by atomic mass is 79.9. The highest BCUT2D eigenvalue weighted by Gasteiger charge is 2.23. The molecule has 1 aromatic rings. The summed E-state index contributed by atoms with van der Waals surface area (Å²) in [6.07, 6.45) is 5.65. The first-order valence-electron chi connectivity index (χ1n) is 6.70. The first kappa shape index (κ1) is 13.6. The molecule has 2 unspecified atom stereocenters. The first-order valence-corrected chi connectivity index (χ1v) is 7.50. The second-order valence-electron chi connectivity index (χ2n) is 4.96. The molecule has 0 bridgehead atoms. The van der Waals surface area contributed by atoms with E-state index in [0.29, 0.717) is 0 Å². The van der Waals surface area contributed by atoms with Crippen LogP contribution in [-0.2, 0) is 0 Å². The lowest BCUT2D eigenvalue weighted by Gasteiger charge is -2.17. The Hall–Kier alpha value is -0.840. The SMILES string of the molecule is CCNc1ncnc(NCC2CCCC2C)c1Br. The number of halogens is 1. The van der Waals surface area contributed by atoms with Gasteiger partial charge in [0.1, 0.15) is 22.4 Å². The molecule has 1 aromatic heterocycles. The van der Waals surface area contributed by atoms with Crippen LogP contribution in [0, 0.1) is 11.8 Å². The summed E-state index contributed by atoms with van der Waals surface area (Å²) >= 11 is 3.56. The monoisotopic (exact) mass is 312 g/mol. The lowest BCUT2D eigenvalue weighted by molar-refractivity contribution is 0.439. The van der Waals surface area contributed by atoms with Gasteiger partial charge in [-0.3, -0.25) is 0 Å². The third-order valence-corrected chi connectivity index (χ3v) is 4.46. The average molecular weight is 313 g/mol. The van der Waals surface area contributed by atoms with Crippen LogP contribution in [0.25, 0.3) is 0 Å². The van der Waals surface area contributed by atoms with Gasteiger partial charge >= 0.3 is 0 Å². The molecule has 1 saturated carbocycles. The minimum absolute atomic E-state index is 0.773. The van der Waals surface area contributed by atoms with Gasteiger partial charge in [0.2, 0.25) is 0 Å². The van der Waals surface area contributed by atoms with Gasteiger partial charge in [0.15, 0.2) is 0 Å². The molecule has 18 heavy (non-hydrogen) atoms. The van der Waals surface area contributed by atoms with Gasteiger partial charge in [-0.15, -0.1) is 0 Å². The van der Waals surface area contributed by atoms with E-state index >= 15 is 0 Å². The zero-order valence-corrected chi connectivity index (χ0v) is 12.6. The van der Waals surface area contributed by atoms with Crippen molar-refractivity contribution >= 4 is 27.6 Å². The Morgan fingerprint density at radius 2 is 2.00 bits per heavy atom. The molecule has 0 radical (unpaired) electrons. The van der Waals surface area contributed by atoms with Crippen LogP contribution in [0.3, 0.4) is 0 Å². The molecule has 1 heterocycles. The van der Waals surface area contributed by atoms with Gasteiger partial charge in [-0.1, -0.05) is 19.8 Å². The number of hydrogen-bond acceptors (Lipinski definition) is 4. The molecule has 0 aliphatic heterocycles. The van der Waals surface area contributed by atoms with E-state index in [0.717, 1.165) is 41.0 Å². The minimum atomic E-state index is 0.773. The van der Waals surface area contributed by atoms with Gasteiger partial charge in [-0.25, -0.2) is 9.97 Å². The standard InChI is InChI=1S/C13H21BrN4/c1-3-15-12-11(14)13(18-8-17-12)16-7-10-6-4-5-9(10)2/h8-10H,3-7H2,1-2H3,(H2,15,16,17,18). The van der Waals surface area contributed by atoms with Crippen LogP contribution in [0.2, 0.25) is 0 Å². The summed E-state index contributed by atoms with van der Waals surface area (Å²) in [7, 11) is 0. The van der Waals surface area contributed by atoms with Crippen LogP contribution in [-0.4, -0.2) is 23.1 Å². The molecule has 0 spiro atoms.